The Morgan fingerprint density at radius 3 is 2.67 bits per heavy atom. The molecule has 2 nitrogen and oxygen atoms in total. The minimum atomic E-state index is -0.509. The van der Waals surface area contributed by atoms with Gasteiger partial charge in [0, 0.05) is 23.0 Å². The van der Waals surface area contributed by atoms with Crippen LogP contribution in [-0.2, 0) is 0 Å². The topological polar surface area (TPSA) is 33.1 Å². The van der Waals surface area contributed by atoms with E-state index in [9.17, 15) is 5.11 Å². The average molecular weight is 228 g/mol. The Morgan fingerprint density at radius 2 is 2.13 bits per heavy atom. The van der Waals surface area contributed by atoms with Crippen molar-refractivity contribution < 1.29 is 5.11 Å². The molecule has 0 aliphatic carbocycles. The van der Waals surface area contributed by atoms with Crippen LogP contribution in [0.5, 0.6) is 0 Å². The van der Waals surface area contributed by atoms with Crippen LogP contribution in [0, 0.1) is 5.41 Å². The molecule has 0 radical (unpaired) electrons. The lowest BCUT2D eigenvalue weighted by atomic mass is 9.88. The van der Waals surface area contributed by atoms with Crippen molar-refractivity contribution in [1.29, 1.82) is 0 Å². The van der Waals surface area contributed by atoms with Gasteiger partial charge in [-0.1, -0.05) is 32.4 Å². The molecule has 0 saturated heterocycles. The summed E-state index contributed by atoms with van der Waals surface area (Å²) in [6.45, 7) is 6.47. The zero-order chi connectivity index (χ0) is 11.5. The number of halogens is 1. The van der Waals surface area contributed by atoms with Crippen LogP contribution in [0.1, 0.15) is 45.3 Å². The van der Waals surface area contributed by atoms with Crippen LogP contribution in [-0.4, -0.2) is 10.1 Å². The smallest absolute Gasteiger partial charge is 0.0819 e. The predicted octanol–water partition coefficient (Wildman–Crippen LogP) is 3.59. The molecule has 1 rings (SSSR count). The van der Waals surface area contributed by atoms with Crippen LogP contribution >= 0.6 is 11.6 Å². The fourth-order valence-electron chi connectivity index (χ4n) is 1.36. The van der Waals surface area contributed by atoms with Crippen molar-refractivity contribution in [2.45, 2.75) is 39.7 Å². The first-order valence-electron chi connectivity index (χ1n) is 5.17. The lowest BCUT2D eigenvalue weighted by molar-refractivity contribution is 0.147. The van der Waals surface area contributed by atoms with Crippen LogP contribution in [0.3, 0.4) is 0 Å². The molecule has 0 unspecified atom stereocenters. The maximum Gasteiger partial charge on any atom is 0.0819 e. The number of nitrogens with zero attached hydrogens (tertiary/aromatic N) is 1. The minimum Gasteiger partial charge on any atom is -0.388 e. The molecule has 0 aliphatic rings. The van der Waals surface area contributed by atoms with E-state index in [1.54, 1.807) is 18.5 Å². The second-order valence-corrected chi connectivity index (χ2v) is 5.42. The van der Waals surface area contributed by atoms with E-state index in [0.717, 1.165) is 18.4 Å². The molecule has 0 spiro atoms. The van der Waals surface area contributed by atoms with Crippen LogP contribution in [0.4, 0.5) is 0 Å². The van der Waals surface area contributed by atoms with Crippen molar-refractivity contribution >= 4 is 11.6 Å². The van der Waals surface area contributed by atoms with E-state index in [0.29, 0.717) is 5.02 Å². The van der Waals surface area contributed by atoms with Gasteiger partial charge in [0.1, 0.15) is 0 Å². The standard InChI is InChI=1S/C12H18ClNO/c1-12(2,3)6-4-11(15)9-8-14-7-5-10(9)13/h5,7-8,11,15H,4,6H2,1-3H3/t11-/m0/s1. The predicted molar refractivity (Wildman–Crippen MR) is 62.9 cm³/mol. The molecule has 3 heteroatoms. The Kier molecular flexibility index (Phi) is 4.12. The van der Waals surface area contributed by atoms with Gasteiger partial charge < -0.3 is 5.11 Å². The third-order valence-electron chi connectivity index (χ3n) is 2.32. The summed E-state index contributed by atoms with van der Waals surface area (Å²) in [4.78, 5) is 3.97. The first-order chi connectivity index (χ1) is 6.90. The molecule has 0 fully saturated rings. The molecule has 0 amide bonds. The Balaban J connectivity index is 2.62. The summed E-state index contributed by atoms with van der Waals surface area (Å²) in [6.07, 6.45) is 4.43. The molecule has 15 heavy (non-hydrogen) atoms. The Morgan fingerprint density at radius 1 is 1.47 bits per heavy atom. The molecule has 1 aromatic rings. The number of hydrogen-bond donors (Lipinski definition) is 1. The summed E-state index contributed by atoms with van der Waals surface area (Å²) in [5.41, 5.74) is 0.957. The molecular formula is C12H18ClNO. The number of rotatable bonds is 3. The zero-order valence-electron chi connectivity index (χ0n) is 9.50. The van der Waals surface area contributed by atoms with Crippen molar-refractivity contribution in [2.75, 3.05) is 0 Å². The van der Waals surface area contributed by atoms with Crippen LogP contribution < -0.4 is 0 Å². The first kappa shape index (κ1) is 12.5. The van der Waals surface area contributed by atoms with Gasteiger partial charge in [-0.15, -0.1) is 0 Å². The Bertz CT molecular complexity index is 320. The van der Waals surface area contributed by atoms with Crippen molar-refractivity contribution in [3.8, 4) is 0 Å². The summed E-state index contributed by atoms with van der Waals surface area (Å²) in [7, 11) is 0. The maximum absolute atomic E-state index is 9.94. The SMILES string of the molecule is CC(C)(C)CC[C@H](O)c1cnccc1Cl. The summed E-state index contributed by atoms with van der Waals surface area (Å²) in [5, 5.41) is 10.5. The Labute approximate surface area is 96.3 Å². The molecular weight excluding hydrogens is 210 g/mol. The van der Waals surface area contributed by atoms with Crippen molar-refractivity contribution in [2.24, 2.45) is 5.41 Å². The van der Waals surface area contributed by atoms with Gasteiger partial charge in [0.15, 0.2) is 0 Å². The highest BCUT2D eigenvalue weighted by atomic mass is 35.5. The molecule has 0 aromatic carbocycles. The largest absolute Gasteiger partial charge is 0.388 e. The molecule has 1 heterocycles. The molecule has 1 aromatic heterocycles. The fraction of sp³-hybridized carbons (Fsp3) is 0.583. The second kappa shape index (κ2) is 4.95. The van der Waals surface area contributed by atoms with E-state index in [1.807, 2.05) is 0 Å². The van der Waals surface area contributed by atoms with Gasteiger partial charge in [-0.3, -0.25) is 4.98 Å². The van der Waals surface area contributed by atoms with Crippen LogP contribution in [0.2, 0.25) is 5.02 Å². The van der Waals surface area contributed by atoms with Crippen LogP contribution in [0.25, 0.3) is 0 Å². The number of aliphatic hydroxyl groups is 1. The van der Waals surface area contributed by atoms with Gasteiger partial charge in [-0.05, 0) is 24.3 Å². The normalized spacial score (nSPS) is 13.9. The highest BCUT2D eigenvalue weighted by Crippen LogP contribution is 2.29. The zero-order valence-corrected chi connectivity index (χ0v) is 10.3. The maximum atomic E-state index is 9.94. The van der Waals surface area contributed by atoms with Gasteiger partial charge in [0.05, 0.1) is 6.10 Å². The van der Waals surface area contributed by atoms with Crippen molar-refractivity contribution in [3.05, 3.63) is 29.0 Å². The summed E-state index contributed by atoms with van der Waals surface area (Å²) in [5.74, 6) is 0. The number of aliphatic hydroxyl groups excluding tert-OH is 1. The molecule has 1 atom stereocenters. The molecule has 1 N–H and O–H groups in total. The lowest BCUT2D eigenvalue weighted by Gasteiger charge is -2.20. The third kappa shape index (κ3) is 4.18. The fourth-order valence-corrected chi connectivity index (χ4v) is 1.59. The highest BCUT2D eigenvalue weighted by molar-refractivity contribution is 6.31. The van der Waals surface area contributed by atoms with Gasteiger partial charge in [-0.25, -0.2) is 0 Å². The summed E-state index contributed by atoms with van der Waals surface area (Å²) < 4.78 is 0. The molecule has 0 saturated carbocycles. The third-order valence-corrected chi connectivity index (χ3v) is 2.67. The van der Waals surface area contributed by atoms with Gasteiger partial charge >= 0.3 is 0 Å². The van der Waals surface area contributed by atoms with E-state index in [-0.39, 0.29) is 5.41 Å². The molecule has 84 valence electrons. The molecule has 0 bridgehead atoms. The minimum absolute atomic E-state index is 0.232. The monoisotopic (exact) mass is 227 g/mol. The van der Waals surface area contributed by atoms with Gasteiger partial charge in [0.2, 0.25) is 0 Å². The molecule has 0 aliphatic heterocycles. The number of aromatic nitrogens is 1. The van der Waals surface area contributed by atoms with Gasteiger partial charge in [-0.2, -0.15) is 0 Å². The number of hydrogen-bond acceptors (Lipinski definition) is 2. The highest BCUT2D eigenvalue weighted by Gasteiger charge is 2.16. The second-order valence-electron chi connectivity index (χ2n) is 5.01. The van der Waals surface area contributed by atoms with Gasteiger partial charge in [0.25, 0.3) is 0 Å². The lowest BCUT2D eigenvalue weighted by Crippen LogP contribution is -2.08. The Hall–Kier alpha value is -0.600. The van der Waals surface area contributed by atoms with Crippen LogP contribution in [0.15, 0.2) is 18.5 Å². The quantitative estimate of drug-likeness (QED) is 0.856. The van der Waals surface area contributed by atoms with E-state index in [2.05, 4.69) is 25.8 Å². The van der Waals surface area contributed by atoms with E-state index in [4.69, 9.17) is 11.6 Å². The first-order valence-corrected chi connectivity index (χ1v) is 5.55. The van der Waals surface area contributed by atoms with E-state index in [1.165, 1.54) is 0 Å². The van der Waals surface area contributed by atoms with Crippen molar-refractivity contribution in [1.82, 2.24) is 4.98 Å². The average Bonchev–Trinajstić information content (AvgIpc) is 2.14. The van der Waals surface area contributed by atoms with E-state index >= 15 is 0 Å². The summed E-state index contributed by atoms with van der Waals surface area (Å²) in [6, 6.07) is 1.71. The summed E-state index contributed by atoms with van der Waals surface area (Å²) >= 11 is 5.97. The van der Waals surface area contributed by atoms with E-state index < -0.39 is 6.10 Å². The number of pyridine rings is 1. The van der Waals surface area contributed by atoms with Crippen molar-refractivity contribution in [3.63, 3.8) is 0 Å².